The molecule has 1 saturated carbocycles. The fourth-order valence-electron chi connectivity index (χ4n) is 4.20. The highest BCUT2D eigenvalue weighted by molar-refractivity contribution is 8.14. The van der Waals surface area contributed by atoms with Crippen LogP contribution < -0.4 is 5.32 Å². The molecule has 1 spiro atoms. The summed E-state index contributed by atoms with van der Waals surface area (Å²) < 4.78 is 0. The van der Waals surface area contributed by atoms with E-state index in [1.807, 2.05) is 11.8 Å². The summed E-state index contributed by atoms with van der Waals surface area (Å²) in [5, 5.41) is 4.56. The molecule has 2 heterocycles. The zero-order valence-corrected chi connectivity index (χ0v) is 14.0. The highest BCUT2D eigenvalue weighted by Crippen LogP contribution is 2.45. The van der Waals surface area contributed by atoms with Gasteiger partial charge in [-0.25, -0.2) is 0 Å². The third-order valence-electron chi connectivity index (χ3n) is 5.48. The largest absolute Gasteiger partial charge is 0.335 e. The summed E-state index contributed by atoms with van der Waals surface area (Å²) in [5.74, 6) is 1.14. The molecule has 0 amide bonds. The van der Waals surface area contributed by atoms with Crippen LogP contribution >= 0.6 is 11.8 Å². The average molecular weight is 315 g/mol. The van der Waals surface area contributed by atoms with Gasteiger partial charge in [-0.05, 0) is 42.9 Å². The first kappa shape index (κ1) is 14.6. The molecule has 0 bridgehead atoms. The van der Waals surface area contributed by atoms with E-state index in [4.69, 9.17) is 0 Å². The lowest BCUT2D eigenvalue weighted by Gasteiger charge is -2.23. The SMILES string of the molecule is c1ccc2c(c1)CN=C(SCCN1CCC3(CCCC3)C1)N2. The van der Waals surface area contributed by atoms with Crippen molar-refractivity contribution in [2.75, 3.05) is 30.7 Å². The van der Waals surface area contributed by atoms with Gasteiger partial charge >= 0.3 is 0 Å². The number of amidine groups is 1. The Bertz CT molecular complexity index is 563. The number of rotatable bonds is 3. The van der Waals surface area contributed by atoms with Crippen LogP contribution in [0.15, 0.2) is 29.3 Å². The fourth-order valence-corrected chi connectivity index (χ4v) is 5.08. The van der Waals surface area contributed by atoms with E-state index in [2.05, 4.69) is 39.5 Å². The fraction of sp³-hybridized carbons (Fsp3) is 0.611. The predicted octanol–water partition coefficient (Wildman–Crippen LogP) is 3.97. The van der Waals surface area contributed by atoms with Crippen molar-refractivity contribution in [3.05, 3.63) is 29.8 Å². The van der Waals surface area contributed by atoms with E-state index >= 15 is 0 Å². The van der Waals surface area contributed by atoms with Gasteiger partial charge < -0.3 is 10.2 Å². The van der Waals surface area contributed by atoms with Gasteiger partial charge in [0.2, 0.25) is 0 Å². The van der Waals surface area contributed by atoms with Crippen LogP contribution in [-0.2, 0) is 6.54 Å². The number of fused-ring (bicyclic) bond motifs is 1. The van der Waals surface area contributed by atoms with Crippen molar-refractivity contribution in [1.82, 2.24) is 4.90 Å². The van der Waals surface area contributed by atoms with Crippen LogP contribution in [0.2, 0.25) is 0 Å². The van der Waals surface area contributed by atoms with Gasteiger partial charge in [0.25, 0.3) is 0 Å². The first-order valence-corrected chi connectivity index (χ1v) is 9.56. The van der Waals surface area contributed by atoms with Crippen LogP contribution in [-0.4, -0.2) is 35.5 Å². The molecule has 1 aromatic carbocycles. The third-order valence-corrected chi connectivity index (χ3v) is 6.37. The molecule has 3 nitrogen and oxygen atoms in total. The van der Waals surface area contributed by atoms with Crippen LogP contribution in [0, 0.1) is 5.41 Å². The minimum atomic E-state index is 0.699. The van der Waals surface area contributed by atoms with E-state index in [0.29, 0.717) is 5.41 Å². The van der Waals surface area contributed by atoms with Crippen molar-refractivity contribution in [2.24, 2.45) is 10.4 Å². The van der Waals surface area contributed by atoms with Crippen molar-refractivity contribution < 1.29 is 0 Å². The standard InChI is InChI=1S/C18H25N3S/c1-2-6-16-15(5-1)13-19-17(20-16)22-12-11-21-10-9-18(14-21)7-3-4-8-18/h1-2,5-6H,3-4,7-14H2,(H,19,20). The lowest BCUT2D eigenvalue weighted by molar-refractivity contribution is 0.270. The van der Waals surface area contributed by atoms with Crippen LogP contribution in [0.4, 0.5) is 5.69 Å². The Morgan fingerprint density at radius 1 is 1.18 bits per heavy atom. The number of hydrogen-bond acceptors (Lipinski definition) is 4. The molecule has 1 aliphatic carbocycles. The number of anilines is 1. The van der Waals surface area contributed by atoms with E-state index in [1.54, 1.807) is 0 Å². The number of nitrogens with one attached hydrogen (secondary N) is 1. The van der Waals surface area contributed by atoms with E-state index in [0.717, 1.165) is 17.5 Å². The van der Waals surface area contributed by atoms with E-state index < -0.39 is 0 Å². The zero-order valence-electron chi connectivity index (χ0n) is 13.2. The molecule has 0 unspecified atom stereocenters. The summed E-state index contributed by atoms with van der Waals surface area (Å²) in [6, 6.07) is 8.47. The van der Waals surface area contributed by atoms with Crippen molar-refractivity contribution in [2.45, 2.75) is 38.6 Å². The molecular weight excluding hydrogens is 290 g/mol. The Morgan fingerprint density at radius 2 is 2.05 bits per heavy atom. The van der Waals surface area contributed by atoms with Gasteiger partial charge in [0.15, 0.2) is 5.17 Å². The Labute approximate surface area is 137 Å². The summed E-state index contributed by atoms with van der Waals surface area (Å²) in [6.45, 7) is 4.67. The number of likely N-dealkylation sites (tertiary alicyclic amines) is 1. The second kappa shape index (κ2) is 6.25. The highest BCUT2D eigenvalue weighted by atomic mass is 32.2. The van der Waals surface area contributed by atoms with E-state index in [1.165, 1.54) is 63.0 Å². The van der Waals surface area contributed by atoms with Gasteiger partial charge in [-0.1, -0.05) is 42.8 Å². The third kappa shape index (κ3) is 3.04. The quantitative estimate of drug-likeness (QED) is 0.914. The van der Waals surface area contributed by atoms with Gasteiger partial charge in [-0.2, -0.15) is 0 Å². The molecule has 0 atom stereocenters. The van der Waals surface area contributed by atoms with E-state index in [9.17, 15) is 0 Å². The first-order chi connectivity index (χ1) is 10.8. The maximum atomic E-state index is 4.66. The number of hydrogen-bond donors (Lipinski definition) is 1. The predicted molar refractivity (Wildman–Crippen MR) is 95.6 cm³/mol. The lowest BCUT2D eigenvalue weighted by atomic mass is 9.86. The molecule has 2 fully saturated rings. The topological polar surface area (TPSA) is 27.6 Å². The average Bonchev–Trinajstić information content (AvgIpc) is 3.18. The lowest BCUT2D eigenvalue weighted by Crippen LogP contribution is -2.27. The molecule has 2 aliphatic heterocycles. The molecule has 1 aromatic rings. The van der Waals surface area contributed by atoms with Crippen LogP contribution in [0.25, 0.3) is 0 Å². The minimum Gasteiger partial charge on any atom is -0.335 e. The highest BCUT2D eigenvalue weighted by Gasteiger charge is 2.39. The molecule has 22 heavy (non-hydrogen) atoms. The molecule has 0 aromatic heterocycles. The monoisotopic (exact) mass is 315 g/mol. The molecule has 1 N–H and O–H groups in total. The Balaban J connectivity index is 1.24. The van der Waals surface area contributed by atoms with Gasteiger partial charge in [0.1, 0.15) is 0 Å². The number of aliphatic imine (C=N–C) groups is 1. The zero-order chi connectivity index (χ0) is 14.8. The number of benzene rings is 1. The summed E-state index contributed by atoms with van der Waals surface area (Å²) in [6.07, 6.45) is 7.30. The Kier molecular flexibility index (Phi) is 4.14. The van der Waals surface area contributed by atoms with Crippen LogP contribution in [0.5, 0.6) is 0 Å². The normalized spacial score (nSPS) is 23.4. The molecule has 4 rings (SSSR count). The number of thioether (sulfide) groups is 1. The van der Waals surface area contributed by atoms with Crippen molar-refractivity contribution in [1.29, 1.82) is 0 Å². The first-order valence-electron chi connectivity index (χ1n) is 8.58. The van der Waals surface area contributed by atoms with Gasteiger partial charge in [-0.15, -0.1) is 0 Å². The summed E-state index contributed by atoms with van der Waals surface area (Å²) in [4.78, 5) is 7.33. The van der Waals surface area contributed by atoms with E-state index in [-0.39, 0.29) is 0 Å². The second-order valence-electron chi connectivity index (χ2n) is 6.99. The summed E-state index contributed by atoms with van der Waals surface area (Å²) >= 11 is 1.88. The van der Waals surface area contributed by atoms with Crippen LogP contribution in [0.3, 0.4) is 0 Å². The minimum absolute atomic E-state index is 0.699. The van der Waals surface area contributed by atoms with Gasteiger partial charge in [-0.3, -0.25) is 4.99 Å². The maximum Gasteiger partial charge on any atom is 0.161 e. The molecule has 1 saturated heterocycles. The summed E-state index contributed by atoms with van der Waals surface area (Å²) in [5.41, 5.74) is 3.23. The van der Waals surface area contributed by atoms with Crippen LogP contribution in [0.1, 0.15) is 37.7 Å². The molecule has 3 aliphatic rings. The molecular formula is C18H25N3S. The summed E-state index contributed by atoms with van der Waals surface area (Å²) in [7, 11) is 0. The maximum absolute atomic E-state index is 4.66. The van der Waals surface area contributed by atoms with Gasteiger partial charge in [0.05, 0.1) is 6.54 Å². The molecule has 118 valence electrons. The Morgan fingerprint density at radius 3 is 2.95 bits per heavy atom. The Hall–Kier alpha value is -1.00. The van der Waals surface area contributed by atoms with Crippen molar-refractivity contribution >= 4 is 22.6 Å². The number of nitrogens with zero attached hydrogens (tertiary/aromatic N) is 2. The van der Waals surface area contributed by atoms with Crippen molar-refractivity contribution in [3.8, 4) is 0 Å². The van der Waals surface area contributed by atoms with Crippen molar-refractivity contribution in [3.63, 3.8) is 0 Å². The number of para-hydroxylation sites is 1. The smallest absolute Gasteiger partial charge is 0.161 e. The van der Waals surface area contributed by atoms with Gasteiger partial charge in [0, 0.05) is 24.5 Å². The molecule has 4 heteroatoms. The molecule has 0 radical (unpaired) electrons. The second-order valence-corrected chi connectivity index (χ2v) is 8.07.